The quantitative estimate of drug-likeness (QED) is 0.656. The zero-order chi connectivity index (χ0) is 13.8. The molecule has 2 N–H and O–H groups in total. The normalized spacial score (nSPS) is 11.4. The third kappa shape index (κ3) is 2.82. The van der Waals surface area contributed by atoms with Crippen molar-refractivity contribution in [1.82, 2.24) is 5.43 Å². The van der Waals surface area contributed by atoms with Crippen LogP contribution in [0.4, 0.5) is 0 Å². The van der Waals surface area contributed by atoms with Crippen LogP contribution in [0.5, 0.6) is 5.75 Å². The van der Waals surface area contributed by atoms with Crippen LogP contribution in [-0.2, 0) is 0 Å². The van der Waals surface area contributed by atoms with Gasteiger partial charge in [0.2, 0.25) is 0 Å². The second-order valence-electron chi connectivity index (χ2n) is 4.05. The van der Waals surface area contributed by atoms with Gasteiger partial charge in [0.15, 0.2) is 0 Å². The van der Waals surface area contributed by atoms with E-state index in [-0.39, 0.29) is 11.7 Å². The van der Waals surface area contributed by atoms with E-state index in [0.717, 1.165) is 0 Å². The zero-order valence-electron chi connectivity index (χ0n) is 10.7. The summed E-state index contributed by atoms with van der Waals surface area (Å²) < 4.78 is 5.05. The lowest BCUT2D eigenvalue weighted by Gasteiger charge is -2.04. The van der Waals surface area contributed by atoms with E-state index in [4.69, 9.17) is 4.42 Å². The minimum absolute atomic E-state index is 0.123. The van der Waals surface area contributed by atoms with E-state index in [1.165, 1.54) is 6.26 Å². The maximum Gasteiger partial charge on any atom is 0.274 e. The number of benzene rings is 1. The molecule has 1 aromatic carbocycles. The third-order valence-electron chi connectivity index (χ3n) is 2.72. The van der Waals surface area contributed by atoms with Gasteiger partial charge in [-0.25, -0.2) is 5.43 Å². The van der Waals surface area contributed by atoms with Crippen LogP contribution < -0.4 is 5.43 Å². The average molecular weight is 258 g/mol. The van der Waals surface area contributed by atoms with Gasteiger partial charge in [0, 0.05) is 5.56 Å². The summed E-state index contributed by atoms with van der Waals surface area (Å²) in [5.74, 6) is 0.312. The number of aryl methyl sites for hydroxylation is 1. The Morgan fingerprint density at radius 1 is 1.26 bits per heavy atom. The number of hydrogen-bond donors (Lipinski definition) is 2. The van der Waals surface area contributed by atoms with Gasteiger partial charge in [0.25, 0.3) is 5.91 Å². The number of phenolic OH excluding ortho intramolecular Hbond substituents is 1. The van der Waals surface area contributed by atoms with Gasteiger partial charge < -0.3 is 9.52 Å². The van der Waals surface area contributed by atoms with Gasteiger partial charge in [-0.05, 0) is 32.0 Å². The number of furan rings is 1. The summed E-state index contributed by atoms with van der Waals surface area (Å²) in [5.41, 5.74) is 3.96. The Morgan fingerprint density at radius 3 is 2.63 bits per heavy atom. The number of carbonyl (C=O) groups is 1. The van der Waals surface area contributed by atoms with Crippen LogP contribution >= 0.6 is 0 Å². The van der Waals surface area contributed by atoms with Crippen LogP contribution in [0.3, 0.4) is 0 Å². The van der Waals surface area contributed by atoms with E-state index in [2.05, 4.69) is 10.5 Å². The molecule has 0 aliphatic carbocycles. The second kappa shape index (κ2) is 5.39. The fourth-order valence-electron chi connectivity index (χ4n) is 1.66. The van der Waals surface area contributed by atoms with E-state index < -0.39 is 0 Å². The van der Waals surface area contributed by atoms with Gasteiger partial charge in [0.1, 0.15) is 11.5 Å². The Hall–Kier alpha value is -2.56. The highest BCUT2D eigenvalue weighted by Crippen LogP contribution is 2.16. The predicted octanol–water partition coefficient (Wildman–Crippen LogP) is 2.45. The van der Waals surface area contributed by atoms with E-state index in [9.17, 15) is 9.90 Å². The highest BCUT2D eigenvalue weighted by molar-refractivity contribution is 6.02. The molecular formula is C14H14N2O3. The first-order valence-electron chi connectivity index (χ1n) is 5.76. The number of aromatic hydroxyl groups is 1. The summed E-state index contributed by atoms with van der Waals surface area (Å²) in [6.07, 6.45) is 1.45. The summed E-state index contributed by atoms with van der Waals surface area (Å²) in [6.45, 7) is 3.41. The van der Waals surface area contributed by atoms with Crippen molar-refractivity contribution in [3.8, 4) is 5.75 Å². The lowest BCUT2D eigenvalue weighted by molar-refractivity contribution is 0.0953. The number of hydrogen-bond acceptors (Lipinski definition) is 4. The molecule has 98 valence electrons. The molecule has 0 bridgehead atoms. The molecule has 5 heteroatoms. The highest BCUT2D eigenvalue weighted by Gasteiger charge is 2.11. The summed E-state index contributed by atoms with van der Waals surface area (Å²) >= 11 is 0. The van der Waals surface area contributed by atoms with Crippen molar-refractivity contribution in [3.63, 3.8) is 0 Å². The van der Waals surface area contributed by atoms with Crippen molar-refractivity contribution < 1.29 is 14.3 Å². The zero-order valence-corrected chi connectivity index (χ0v) is 10.7. The van der Waals surface area contributed by atoms with Crippen molar-refractivity contribution >= 4 is 11.6 Å². The maximum absolute atomic E-state index is 11.8. The lowest BCUT2D eigenvalue weighted by Crippen LogP contribution is -2.19. The molecule has 0 aliphatic rings. The summed E-state index contributed by atoms with van der Waals surface area (Å²) in [5, 5.41) is 13.6. The SMILES string of the molecule is C/C(=N/NC(=O)c1ccoc1C)c1ccccc1O. The maximum atomic E-state index is 11.8. The Kier molecular flexibility index (Phi) is 3.66. The monoisotopic (exact) mass is 258 g/mol. The molecule has 0 radical (unpaired) electrons. The number of nitrogens with one attached hydrogen (secondary N) is 1. The van der Waals surface area contributed by atoms with Gasteiger partial charge >= 0.3 is 0 Å². The molecule has 0 aliphatic heterocycles. The molecule has 1 amide bonds. The molecular weight excluding hydrogens is 244 g/mol. The first kappa shape index (κ1) is 12.9. The fourth-order valence-corrected chi connectivity index (χ4v) is 1.66. The number of amides is 1. The van der Waals surface area contributed by atoms with Crippen LogP contribution in [0.15, 0.2) is 46.1 Å². The highest BCUT2D eigenvalue weighted by atomic mass is 16.3. The van der Waals surface area contributed by atoms with Gasteiger partial charge in [-0.3, -0.25) is 4.79 Å². The Balaban J connectivity index is 2.13. The number of phenols is 1. The van der Waals surface area contributed by atoms with Crippen LogP contribution in [0.25, 0.3) is 0 Å². The minimum atomic E-state index is -0.346. The van der Waals surface area contributed by atoms with E-state index in [1.54, 1.807) is 44.2 Å². The minimum Gasteiger partial charge on any atom is -0.507 e. The molecule has 1 aromatic heterocycles. The van der Waals surface area contributed by atoms with Crippen LogP contribution in [0.2, 0.25) is 0 Å². The number of nitrogens with zero attached hydrogens (tertiary/aromatic N) is 1. The Bertz CT molecular complexity index is 629. The number of rotatable bonds is 3. The first-order chi connectivity index (χ1) is 9.09. The standard InChI is InChI=1S/C14H14N2O3/c1-9(11-5-3-4-6-13(11)17)15-16-14(18)12-7-8-19-10(12)2/h3-8,17H,1-2H3,(H,16,18)/b15-9-. The van der Waals surface area contributed by atoms with Crippen LogP contribution in [0.1, 0.15) is 28.6 Å². The first-order valence-corrected chi connectivity index (χ1v) is 5.76. The molecule has 0 atom stereocenters. The average Bonchev–Trinajstić information content (AvgIpc) is 2.82. The molecule has 0 spiro atoms. The predicted molar refractivity (Wildman–Crippen MR) is 71.2 cm³/mol. The van der Waals surface area contributed by atoms with Crippen molar-refractivity contribution in [2.45, 2.75) is 13.8 Å². The smallest absolute Gasteiger partial charge is 0.274 e. The molecule has 0 saturated heterocycles. The molecule has 5 nitrogen and oxygen atoms in total. The topological polar surface area (TPSA) is 74.8 Å². The van der Waals surface area contributed by atoms with E-state index in [1.807, 2.05) is 0 Å². The second-order valence-corrected chi connectivity index (χ2v) is 4.05. The van der Waals surface area contributed by atoms with E-state index >= 15 is 0 Å². The molecule has 0 saturated carbocycles. The van der Waals surface area contributed by atoms with E-state index in [0.29, 0.717) is 22.6 Å². The summed E-state index contributed by atoms with van der Waals surface area (Å²) in [4.78, 5) is 11.8. The Labute approximate surface area is 110 Å². The van der Waals surface area contributed by atoms with Gasteiger partial charge in [-0.15, -0.1) is 0 Å². The lowest BCUT2D eigenvalue weighted by atomic mass is 10.1. The third-order valence-corrected chi connectivity index (χ3v) is 2.72. The van der Waals surface area contributed by atoms with Gasteiger partial charge in [-0.2, -0.15) is 5.10 Å². The van der Waals surface area contributed by atoms with Crippen LogP contribution in [-0.4, -0.2) is 16.7 Å². The summed E-state index contributed by atoms with van der Waals surface area (Å²) in [7, 11) is 0. The summed E-state index contributed by atoms with van der Waals surface area (Å²) in [6, 6.07) is 8.38. The number of hydrazone groups is 1. The van der Waals surface area contributed by atoms with Crippen LogP contribution in [0, 0.1) is 6.92 Å². The number of carbonyl (C=O) groups excluding carboxylic acids is 1. The van der Waals surface area contributed by atoms with Crippen molar-refractivity contribution in [2.24, 2.45) is 5.10 Å². The molecule has 2 aromatic rings. The van der Waals surface area contributed by atoms with Crippen molar-refractivity contribution in [3.05, 3.63) is 53.5 Å². The van der Waals surface area contributed by atoms with Gasteiger partial charge in [-0.1, -0.05) is 12.1 Å². The molecule has 2 rings (SSSR count). The largest absolute Gasteiger partial charge is 0.507 e. The van der Waals surface area contributed by atoms with Crippen molar-refractivity contribution in [1.29, 1.82) is 0 Å². The molecule has 19 heavy (non-hydrogen) atoms. The number of para-hydroxylation sites is 1. The van der Waals surface area contributed by atoms with Gasteiger partial charge in [0.05, 0.1) is 17.5 Å². The molecule has 0 fully saturated rings. The molecule has 1 heterocycles. The Morgan fingerprint density at radius 2 is 2.00 bits per heavy atom. The molecule has 0 unspecified atom stereocenters. The van der Waals surface area contributed by atoms with Crippen molar-refractivity contribution in [2.75, 3.05) is 0 Å². The fraction of sp³-hybridized carbons (Fsp3) is 0.143.